The first kappa shape index (κ1) is 9.07. The van der Waals surface area contributed by atoms with Crippen LogP contribution in [0.15, 0.2) is 6.07 Å². The minimum absolute atomic E-state index is 0.160. The zero-order chi connectivity index (χ0) is 9.30. The number of hydrogen-bond acceptors (Lipinski definition) is 2. The molecule has 1 aromatic rings. The van der Waals surface area contributed by atoms with Crippen LogP contribution in [0.3, 0.4) is 0 Å². The van der Waals surface area contributed by atoms with E-state index in [0.29, 0.717) is 5.56 Å². The summed E-state index contributed by atoms with van der Waals surface area (Å²) in [6.45, 7) is 5.37. The van der Waals surface area contributed by atoms with Crippen molar-refractivity contribution in [2.45, 2.75) is 27.4 Å². The quantitative estimate of drug-likeness (QED) is 0.679. The Labute approximate surface area is 72.5 Å². The maximum absolute atomic E-state index is 10.6. The lowest BCUT2D eigenvalue weighted by atomic mass is 9.99. The summed E-state index contributed by atoms with van der Waals surface area (Å²) < 4.78 is 0. The summed E-state index contributed by atoms with van der Waals surface area (Å²) in [5.74, 6) is 0.160. The second kappa shape index (κ2) is 3.15. The van der Waals surface area contributed by atoms with Crippen molar-refractivity contribution in [2.75, 3.05) is 0 Å². The molecule has 2 nitrogen and oxygen atoms in total. The summed E-state index contributed by atoms with van der Waals surface area (Å²) in [4.78, 5) is 0. The number of benzene rings is 1. The number of aromatic hydroxyl groups is 1. The molecule has 0 radical (unpaired) electrons. The van der Waals surface area contributed by atoms with E-state index in [1.807, 2.05) is 20.8 Å². The highest BCUT2D eigenvalue weighted by molar-refractivity contribution is 5.47. The van der Waals surface area contributed by atoms with Gasteiger partial charge in [0, 0.05) is 0 Å². The fourth-order valence-electron chi connectivity index (χ4n) is 1.26. The molecule has 2 heteroatoms. The Morgan fingerprint density at radius 3 is 2.33 bits per heavy atom. The van der Waals surface area contributed by atoms with Crippen LogP contribution < -0.4 is 5.11 Å². The third-order valence-electron chi connectivity index (χ3n) is 2.36. The summed E-state index contributed by atoms with van der Waals surface area (Å²) in [6.07, 6.45) is 0. The number of hydrogen-bond donors (Lipinski definition) is 1. The molecule has 0 saturated carbocycles. The van der Waals surface area contributed by atoms with Gasteiger partial charge in [0.25, 0.3) is 0 Å². The Hall–Kier alpha value is -1.02. The highest BCUT2D eigenvalue weighted by Gasteiger charge is 2.05. The van der Waals surface area contributed by atoms with Crippen molar-refractivity contribution in [1.82, 2.24) is 0 Å². The number of rotatable bonds is 1. The van der Waals surface area contributed by atoms with Crippen molar-refractivity contribution in [1.29, 1.82) is 0 Å². The molecule has 0 unspecified atom stereocenters. The highest BCUT2D eigenvalue weighted by atomic mass is 16.3. The average molecular weight is 165 g/mol. The minimum atomic E-state index is -0.353. The Balaban J connectivity index is 3.39. The molecule has 1 aromatic carbocycles. The van der Waals surface area contributed by atoms with E-state index < -0.39 is 0 Å². The molecular weight excluding hydrogens is 152 g/mol. The second-order valence-electron chi connectivity index (χ2n) is 3.10. The van der Waals surface area contributed by atoms with Crippen molar-refractivity contribution in [3.8, 4) is 5.75 Å². The van der Waals surface area contributed by atoms with Gasteiger partial charge in [0.05, 0.1) is 0 Å². The molecule has 66 valence electrons. The number of phenols is 1. The SMILES string of the molecule is Cc1cc(C[O-])c(O)c(C)c1C. The van der Waals surface area contributed by atoms with Crippen molar-refractivity contribution in [3.05, 3.63) is 28.3 Å². The summed E-state index contributed by atoms with van der Waals surface area (Å²) in [6, 6.07) is 1.75. The molecule has 0 saturated heterocycles. The van der Waals surface area contributed by atoms with E-state index in [4.69, 9.17) is 0 Å². The third kappa shape index (κ3) is 1.30. The smallest absolute Gasteiger partial charge is 0.120 e. The Kier molecular flexibility index (Phi) is 2.38. The van der Waals surface area contributed by atoms with E-state index >= 15 is 0 Å². The molecule has 0 spiro atoms. The van der Waals surface area contributed by atoms with Crippen LogP contribution in [0.1, 0.15) is 22.3 Å². The van der Waals surface area contributed by atoms with Gasteiger partial charge < -0.3 is 10.2 Å². The molecule has 0 fully saturated rings. The molecule has 0 aliphatic heterocycles. The van der Waals surface area contributed by atoms with Gasteiger partial charge in [-0.2, -0.15) is 0 Å². The standard InChI is InChI=1S/C10H13O2/c1-6-4-9(5-11)10(12)8(3)7(6)2/h4,12H,5H2,1-3H3/q-1. The van der Waals surface area contributed by atoms with Gasteiger partial charge in [0.1, 0.15) is 5.75 Å². The van der Waals surface area contributed by atoms with Gasteiger partial charge in [-0.3, -0.25) is 0 Å². The van der Waals surface area contributed by atoms with E-state index in [0.717, 1.165) is 16.7 Å². The van der Waals surface area contributed by atoms with Crippen LogP contribution in [0.2, 0.25) is 0 Å². The highest BCUT2D eigenvalue weighted by Crippen LogP contribution is 2.26. The second-order valence-corrected chi connectivity index (χ2v) is 3.10. The van der Waals surface area contributed by atoms with Crippen molar-refractivity contribution < 1.29 is 10.2 Å². The monoisotopic (exact) mass is 165 g/mol. The van der Waals surface area contributed by atoms with Gasteiger partial charge in [-0.15, -0.1) is 6.61 Å². The van der Waals surface area contributed by atoms with Gasteiger partial charge in [0.2, 0.25) is 0 Å². The van der Waals surface area contributed by atoms with E-state index in [2.05, 4.69) is 0 Å². The van der Waals surface area contributed by atoms with Gasteiger partial charge >= 0.3 is 0 Å². The summed E-state index contributed by atoms with van der Waals surface area (Å²) in [5.41, 5.74) is 3.44. The largest absolute Gasteiger partial charge is 0.851 e. The first-order valence-corrected chi connectivity index (χ1v) is 3.94. The Bertz CT molecular complexity index is 303. The molecule has 0 bridgehead atoms. The maximum atomic E-state index is 10.6. The lowest BCUT2D eigenvalue weighted by molar-refractivity contribution is -0.386. The van der Waals surface area contributed by atoms with Crippen LogP contribution in [0, 0.1) is 20.8 Å². The van der Waals surface area contributed by atoms with Crippen molar-refractivity contribution in [2.24, 2.45) is 0 Å². The predicted octanol–water partition coefficient (Wildman–Crippen LogP) is 1.18. The molecule has 0 aromatic heterocycles. The fraction of sp³-hybridized carbons (Fsp3) is 0.400. The van der Waals surface area contributed by atoms with Crippen LogP contribution in [0.25, 0.3) is 0 Å². The van der Waals surface area contributed by atoms with Crippen LogP contribution in [0.4, 0.5) is 0 Å². The topological polar surface area (TPSA) is 43.3 Å². The summed E-state index contributed by atoms with van der Waals surface area (Å²) >= 11 is 0. The van der Waals surface area contributed by atoms with E-state index in [9.17, 15) is 10.2 Å². The molecular formula is C10H13O2-. The van der Waals surface area contributed by atoms with Crippen molar-refractivity contribution >= 4 is 0 Å². The van der Waals surface area contributed by atoms with E-state index in [1.165, 1.54) is 0 Å². The predicted molar refractivity (Wildman–Crippen MR) is 46.0 cm³/mol. The molecule has 0 aliphatic carbocycles. The molecule has 0 amide bonds. The summed E-state index contributed by atoms with van der Waals surface area (Å²) in [7, 11) is 0. The molecule has 0 aliphatic rings. The first-order chi connectivity index (χ1) is 5.57. The van der Waals surface area contributed by atoms with Gasteiger partial charge in [0.15, 0.2) is 0 Å². The van der Waals surface area contributed by atoms with Gasteiger partial charge in [-0.25, -0.2) is 0 Å². The molecule has 12 heavy (non-hydrogen) atoms. The van der Waals surface area contributed by atoms with Crippen molar-refractivity contribution in [3.63, 3.8) is 0 Å². The van der Waals surface area contributed by atoms with Gasteiger partial charge in [-0.05, 0) is 43.0 Å². The average Bonchev–Trinajstić information content (AvgIpc) is 2.08. The first-order valence-electron chi connectivity index (χ1n) is 3.94. The third-order valence-corrected chi connectivity index (χ3v) is 2.36. The van der Waals surface area contributed by atoms with Gasteiger partial charge in [-0.1, -0.05) is 6.07 Å². The van der Waals surface area contributed by atoms with Crippen LogP contribution in [0.5, 0.6) is 5.75 Å². The lowest BCUT2D eigenvalue weighted by Gasteiger charge is -2.14. The Morgan fingerprint density at radius 2 is 1.83 bits per heavy atom. The summed E-state index contributed by atoms with van der Waals surface area (Å²) in [5, 5.41) is 20.1. The fourth-order valence-corrected chi connectivity index (χ4v) is 1.26. The van der Waals surface area contributed by atoms with E-state index in [1.54, 1.807) is 6.07 Å². The number of phenolic OH excluding ortho intramolecular Hbond substituents is 1. The van der Waals surface area contributed by atoms with Crippen LogP contribution in [-0.2, 0) is 6.61 Å². The Morgan fingerprint density at radius 1 is 1.25 bits per heavy atom. The van der Waals surface area contributed by atoms with Crippen LogP contribution >= 0.6 is 0 Å². The van der Waals surface area contributed by atoms with E-state index in [-0.39, 0.29) is 12.4 Å². The zero-order valence-electron chi connectivity index (χ0n) is 7.64. The molecule has 1 N–H and O–H groups in total. The maximum Gasteiger partial charge on any atom is 0.120 e. The molecule has 1 rings (SSSR count). The number of aryl methyl sites for hydroxylation is 1. The lowest BCUT2D eigenvalue weighted by Crippen LogP contribution is -2.04. The minimum Gasteiger partial charge on any atom is -0.851 e. The zero-order valence-corrected chi connectivity index (χ0v) is 7.64. The molecule has 0 heterocycles. The normalized spacial score (nSPS) is 10.3. The molecule has 0 atom stereocenters. The van der Waals surface area contributed by atoms with Crippen LogP contribution in [-0.4, -0.2) is 5.11 Å².